The normalized spacial score (nSPS) is 11.4. The van der Waals surface area contributed by atoms with E-state index in [9.17, 15) is 22.4 Å². The number of carbonyl (C=O) groups is 1. The van der Waals surface area contributed by atoms with Gasteiger partial charge in [-0.1, -0.05) is 6.07 Å². The molecule has 7 heteroatoms. The van der Waals surface area contributed by atoms with Crippen molar-refractivity contribution in [1.29, 1.82) is 0 Å². The molecule has 0 aliphatic heterocycles. The number of amides is 1. The van der Waals surface area contributed by atoms with Crippen LogP contribution < -0.4 is 5.32 Å². The number of pyridine rings is 1. The Morgan fingerprint density at radius 3 is 2.41 bits per heavy atom. The number of anilines is 1. The fraction of sp³-hybridized carbons (Fsp3) is 0.200. The molecule has 0 fully saturated rings. The quantitative estimate of drug-likeness (QED) is 0.848. The number of alkyl halides is 3. The van der Waals surface area contributed by atoms with Crippen LogP contribution in [0.25, 0.3) is 0 Å². The number of nitrogens with zero attached hydrogens (tertiary/aromatic N) is 1. The van der Waals surface area contributed by atoms with Crippen molar-refractivity contribution < 1.29 is 22.4 Å². The predicted octanol–water partition coefficient (Wildman–Crippen LogP) is 4.11. The van der Waals surface area contributed by atoms with E-state index < -0.39 is 23.6 Å². The number of hydrogen-bond acceptors (Lipinski definition) is 2. The van der Waals surface area contributed by atoms with Crippen LogP contribution in [-0.4, -0.2) is 10.9 Å². The zero-order valence-electron chi connectivity index (χ0n) is 11.8. The number of nitrogens with one attached hydrogen (secondary N) is 1. The molecule has 0 spiro atoms. The first-order valence-electron chi connectivity index (χ1n) is 6.31. The molecular weight excluding hydrogens is 300 g/mol. The highest BCUT2D eigenvalue weighted by atomic mass is 19.4. The molecule has 0 aliphatic rings. The van der Waals surface area contributed by atoms with Gasteiger partial charge in [-0.05, 0) is 43.7 Å². The van der Waals surface area contributed by atoms with Gasteiger partial charge < -0.3 is 5.32 Å². The first kappa shape index (κ1) is 15.9. The van der Waals surface area contributed by atoms with E-state index in [1.54, 1.807) is 6.92 Å². The minimum Gasteiger partial charge on any atom is -0.319 e. The topological polar surface area (TPSA) is 42.0 Å². The van der Waals surface area contributed by atoms with Crippen LogP contribution in [0.3, 0.4) is 0 Å². The van der Waals surface area contributed by atoms with E-state index in [2.05, 4.69) is 10.3 Å². The summed E-state index contributed by atoms with van der Waals surface area (Å²) in [5.74, 6) is -1.35. The first-order valence-corrected chi connectivity index (χ1v) is 6.31. The second-order valence-electron chi connectivity index (χ2n) is 4.76. The van der Waals surface area contributed by atoms with Crippen LogP contribution in [0.2, 0.25) is 0 Å². The molecule has 1 aromatic heterocycles. The van der Waals surface area contributed by atoms with Crippen molar-refractivity contribution in [2.24, 2.45) is 0 Å². The predicted molar refractivity (Wildman–Crippen MR) is 73.1 cm³/mol. The zero-order chi connectivity index (χ0) is 16.5. The molecule has 116 valence electrons. The second-order valence-corrected chi connectivity index (χ2v) is 4.76. The van der Waals surface area contributed by atoms with Crippen molar-refractivity contribution in [3.05, 3.63) is 58.7 Å². The molecule has 1 heterocycles. The summed E-state index contributed by atoms with van der Waals surface area (Å²) < 4.78 is 51.2. The van der Waals surface area contributed by atoms with Crippen molar-refractivity contribution in [3.63, 3.8) is 0 Å². The Balaban J connectivity index is 2.29. The van der Waals surface area contributed by atoms with Gasteiger partial charge in [-0.2, -0.15) is 13.2 Å². The van der Waals surface area contributed by atoms with Gasteiger partial charge in [0.25, 0.3) is 5.91 Å². The third-order valence-corrected chi connectivity index (χ3v) is 2.99. The highest BCUT2D eigenvalue weighted by molar-refractivity contribution is 6.05. The molecular formula is C15H12F4N2O. The van der Waals surface area contributed by atoms with Crippen LogP contribution in [-0.2, 0) is 6.18 Å². The summed E-state index contributed by atoms with van der Waals surface area (Å²) >= 11 is 0. The summed E-state index contributed by atoms with van der Waals surface area (Å²) in [6, 6.07) is 5.90. The van der Waals surface area contributed by atoms with Crippen molar-refractivity contribution >= 4 is 11.6 Å². The molecule has 2 aromatic rings. The van der Waals surface area contributed by atoms with E-state index in [1.807, 2.05) is 0 Å². The monoisotopic (exact) mass is 312 g/mol. The highest BCUT2D eigenvalue weighted by Crippen LogP contribution is 2.28. The molecule has 0 radical (unpaired) electrons. The van der Waals surface area contributed by atoms with Crippen LogP contribution in [0, 0.1) is 19.7 Å². The Labute approximate surface area is 124 Å². The summed E-state index contributed by atoms with van der Waals surface area (Å²) in [7, 11) is 0. The van der Waals surface area contributed by atoms with Gasteiger partial charge in [0.2, 0.25) is 0 Å². The Morgan fingerprint density at radius 1 is 1.14 bits per heavy atom. The standard InChI is InChI=1S/C15H12F4N2O/c1-8-3-5-11(16)12(7-8)21-14(22)10-4-6-13(15(17,18)19)20-9(10)2/h3-7H,1-2H3,(H,21,22). The van der Waals surface area contributed by atoms with Gasteiger partial charge in [-0.25, -0.2) is 9.37 Å². The molecule has 22 heavy (non-hydrogen) atoms. The van der Waals surface area contributed by atoms with Crippen molar-refractivity contribution in [2.75, 3.05) is 5.32 Å². The van der Waals surface area contributed by atoms with Gasteiger partial charge in [0.05, 0.1) is 16.9 Å². The largest absolute Gasteiger partial charge is 0.433 e. The number of carbonyl (C=O) groups excluding carboxylic acids is 1. The van der Waals surface area contributed by atoms with E-state index in [0.29, 0.717) is 6.07 Å². The highest BCUT2D eigenvalue weighted by Gasteiger charge is 2.33. The third-order valence-electron chi connectivity index (χ3n) is 2.99. The number of aryl methyl sites for hydroxylation is 2. The molecule has 0 saturated carbocycles. The molecule has 3 nitrogen and oxygen atoms in total. The Kier molecular flexibility index (Phi) is 4.16. The van der Waals surface area contributed by atoms with Crippen molar-refractivity contribution in [1.82, 2.24) is 4.98 Å². The number of aromatic nitrogens is 1. The van der Waals surface area contributed by atoms with Crippen LogP contribution in [0.5, 0.6) is 0 Å². The van der Waals surface area contributed by atoms with Crippen LogP contribution in [0.4, 0.5) is 23.2 Å². The van der Waals surface area contributed by atoms with Crippen molar-refractivity contribution in [2.45, 2.75) is 20.0 Å². The molecule has 0 bridgehead atoms. The van der Waals surface area contributed by atoms with Gasteiger partial charge in [0.15, 0.2) is 0 Å². The minimum absolute atomic E-state index is 0.0377. The molecule has 0 unspecified atom stereocenters. The van der Waals surface area contributed by atoms with Gasteiger partial charge in [0.1, 0.15) is 11.5 Å². The van der Waals surface area contributed by atoms with Gasteiger partial charge >= 0.3 is 6.18 Å². The number of halogens is 4. The molecule has 1 amide bonds. The lowest BCUT2D eigenvalue weighted by atomic mass is 10.1. The van der Waals surface area contributed by atoms with Gasteiger partial charge in [-0.3, -0.25) is 4.79 Å². The smallest absolute Gasteiger partial charge is 0.319 e. The number of hydrogen-bond donors (Lipinski definition) is 1. The summed E-state index contributed by atoms with van der Waals surface area (Å²) in [6.07, 6.45) is -4.58. The molecule has 0 saturated heterocycles. The number of benzene rings is 1. The Morgan fingerprint density at radius 2 is 1.82 bits per heavy atom. The maximum Gasteiger partial charge on any atom is 0.433 e. The lowest BCUT2D eigenvalue weighted by Gasteiger charge is -2.11. The molecule has 0 aliphatic carbocycles. The average Bonchev–Trinajstić information content (AvgIpc) is 2.41. The lowest BCUT2D eigenvalue weighted by molar-refractivity contribution is -0.141. The SMILES string of the molecule is Cc1ccc(F)c(NC(=O)c2ccc(C(F)(F)F)nc2C)c1. The maximum atomic E-state index is 13.6. The van der Waals surface area contributed by atoms with Crippen molar-refractivity contribution in [3.8, 4) is 0 Å². The van der Waals surface area contributed by atoms with E-state index in [4.69, 9.17) is 0 Å². The maximum absolute atomic E-state index is 13.6. The zero-order valence-corrected chi connectivity index (χ0v) is 11.8. The summed E-state index contributed by atoms with van der Waals surface area (Å²) in [5, 5.41) is 2.33. The molecule has 2 rings (SSSR count). The minimum atomic E-state index is -4.58. The lowest BCUT2D eigenvalue weighted by Crippen LogP contribution is -2.17. The van der Waals surface area contributed by atoms with Crippen LogP contribution >= 0.6 is 0 Å². The summed E-state index contributed by atoms with van der Waals surface area (Å²) in [5.41, 5.74) is -0.513. The molecule has 1 aromatic carbocycles. The van der Waals surface area contributed by atoms with Gasteiger partial charge in [-0.15, -0.1) is 0 Å². The van der Waals surface area contributed by atoms with Crippen LogP contribution in [0.15, 0.2) is 30.3 Å². The van der Waals surface area contributed by atoms with Crippen LogP contribution in [0.1, 0.15) is 27.3 Å². The Bertz CT molecular complexity index is 726. The average molecular weight is 312 g/mol. The van der Waals surface area contributed by atoms with E-state index >= 15 is 0 Å². The van der Waals surface area contributed by atoms with Gasteiger partial charge in [0, 0.05) is 0 Å². The van der Waals surface area contributed by atoms with E-state index in [0.717, 1.165) is 11.6 Å². The molecule has 1 N–H and O–H groups in total. The third kappa shape index (κ3) is 3.41. The first-order chi connectivity index (χ1) is 10.2. The van der Waals surface area contributed by atoms with E-state index in [-0.39, 0.29) is 16.9 Å². The second kappa shape index (κ2) is 5.75. The molecule has 0 atom stereocenters. The Hall–Kier alpha value is -2.44. The van der Waals surface area contributed by atoms with E-state index in [1.165, 1.54) is 25.1 Å². The fourth-order valence-corrected chi connectivity index (χ4v) is 1.88. The summed E-state index contributed by atoms with van der Waals surface area (Å²) in [6.45, 7) is 3.01. The number of rotatable bonds is 2. The fourth-order valence-electron chi connectivity index (χ4n) is 1.88. The summed E-state index contributed by atoms with van der Waals surface area (Å²) in [4.78, 5) is 15.4.